The van der Waals surface area contributed by atoms with Crippen LogP contribution in [0.5, 0.6) is 0 Å². The first-order valence-electron chi connectivity index (χ1n) is 10.1. The van der Waals surface area contributed by atoms with Gasteiger partial charge in [-0.3, -0.25) is 14.6 Å². The van der Waals surface area contributed by atoms with E-state index in [1.807, 2.05) is 23.1 Å². The lowest BCUT2D eigenvalue weighted by atomic mass is 10.1. The predicted molar refractivity (Wildman–Crippen MR) is 118 cm³/mol. The van der Waals surface area contributed by atoms with Crippen molar-refractivity contribution < 1.29 is 9.59 Å². The van der Waals surface area contributed by atoms with Gasteiger partial charge in [-0.15, -0.1) is 0 Å². The van der Waals surface area contributed by atoms with Crippen LogP contribution >= 0.6 is 11.6 Å². The van der Waals surface area contributed by atoms with E-state index in [4.69, 9.17) is 11.6 Å². The van der Waals surface area contributed by atoms with E-state index in [9.17, 15) is 9.59 Å². The number of rotatable bonds is 5. The highest BCUT2D eigenvalue weighted by Gasteiger charge is 2.29. The monoisotopic (exact) mass is 435 g/mol. The lowest BCUT2D eigenvalue weighted by Gasteiger charge is -2.16. The predicted octanol–water partition coefficient (Wildman–Crippen LogP) is 3.64. The number of hydrogen-bond acceptors (Lipinski definition) is 5. The molecule has 1 aromatic carbocycles. The largest absolute Gasteiger partial charge is 0.342 e. The van der Waals surface area contributed by atoms with Gasteiger partial charge in [0.2, 0.25) is 5.91 Å². The molecule has 7 nitrogen and oxygen atoms in total. The van der Waals surface area contributed by atoms with E-state index < -0.39 is 0 Å². The van der Waals surface area contributed by atoms with Gasteiger partial charge in [0.1, 0.15) is 5.82 Å². The second-order valence-electron chi connectivity index (χ2n) is 7.51. The quantitative estimate of drug-likeness (QED) is 0.661. The molecule has 1 aliphatic heterocycles. The van der Waals surface area contributed by atoms with Crippen LogP contribution in [0.3, 0.4) is 0 Å². The number of nitrogens with one attached hydrogen (secondary N) is 1. The Balaban J connectivity index is 1.39. The Kier molecular flexibility index (Phi) is 6.23. The third-order valence-corrected chi connectivity index (χ3v) is 5.56. The summed E-state index contributed by atoms with van der Waals surface area (Å²) in [6, 6.07) is 12.5. The van der Waals surface area contributed by atoms with Crippen molar-refractivity contribution in [2.24, 2.45) is 0 Å². The molecular weight excluding hydrogens is 414 g/mol. The van der Waals surface area contributed by atoms with E-state index in [0.29, 0.717) is 40.9 Å². The third-order valence-electron chi connectivity index (χ3n) is 5.31. The number of halogens is 1. The van der Waals surface area contributed by atoms with Gasteiger partial charge in [0.05, 0.1) is 17.7 Å². The third kappa shape index (κ3) is 5.06. The lowest BCUT2D eigenvalue weighted by molar-refractivity contribution is -0.129. The molecule has 31 heavy (non-hydrogen) atoms. The summed E-state index contributed by atoms with van der Waals surface area (Å²) in [4.78, 5) is 40.2. The van der Waals surface area contributed by atoms with Crippen molar-refractivity contribution in [3.63, 3.8) is 0 Å². The van der Waals surface area contributed by atoms with Crippen molar-refractivity contribution in [1.82, 2.24) is 19.9 Å². The summed E-state index contributed by atoms with van der Waals surface area (Å²) in [7, 11) is 0. The van der Waals surface area contributed by atoms with E-state index in [0.717, 1.165) is 12.1 Å². The number of benzene rings is 1. The molecule has 0 bridgehead atoms. The minimum atomic E-state index is -0.273. The van der Waals surface area contributed by atoms with Crippen molar-refractivity contribution in [2.75, 3.05) is 18.4 Å². The van der Waals surface area contributed by atoms with Crippen molar-refractivity contribution >= 4 is 29.1 Å². The molecule has 158 valence electrons. The fourth-order valence-electron chi connectivity index (χ4n) is 3.60. The molecule has 4 rings (SSSR count). The van der Waals surface area contributed by atoms with Crippen LogP contribution in [-0.2, 0) is 11.2 Å². The van der Waals surface area contributed by atoms with E-state index in [2.05, 4.69) is 20.3 Å². The van der Waals surface area contributed by atoms with E-state index in [1.54, 1.807) is 43.6 Å². The molecule has 3 aromatic rings. The summed E-state index contributed by atoms with van der Waals surface area (Å²) >= 11 is 5.88. The first-order chi connectivity index (χ1) is 15.0. The molecule has 1 saturated heterocycles. The van der Waals surface area contributed by atoms with Gasteiger partial charge in [0, 0.05) is 47.8 Å². The van der Waals surface area contributed by atoms with Gasteiger partial charge in [0.25, 0.3) is 5.91 Å². The highest BCUT2D eigenvalue weighted by Crippen LogP contribution is 2.26. The highest BCUT2D eigenvalue weighted by atomic mass is 35.5. The van der Waals surface area contributed by atoms with Crippen LogP contribution in [0, 0.1) is 6.92 Å². The van der Waals surface area contributed by atoms with E-state index in [1.165, 1.54) is 0 Å². The summed E-state index contributed by atoms with van der Waals surface area (Å²) in [5.74, 6) is 0.496. The smallest absolute Gasteiger partial charge is 0.259 e. The molecule has 3 heterocycles. The summed E-state index contributed by atoms with van der Waals surface area (Å²) in [6.45, 7) is 3.03. The number of anilines is 1. The van der Waals surface area contributed by atoms with Crippen LogP contribution in [0.15, 0.2) is 54.9 Å². The number of likely N-dealkylation sites (tertiary alicyclic amines) is 1. The Morgan fingerprint density at radius 1 is 1.16 bits per heavy atom. The SMILES string of the molecule is Cc1nc([C@@H]2CCN(C(=O)Cc3ccccn3)C2)ncc1C(=O)Nc1ccc(Cl)cc1. The van der Waals surface area contributed by atoms with Crippen molar-refractivity contribution in [3.8, 4) is 0 Å². The number of aryl methyl sites for hydroxylation is 1. The Labute approximate surface area is 185 Å². The zero-order valence-corrected chi connectivity index (χ0v) is 17.8. The summed E-state index contributed by atoms with van der Waals surface area (Å²) in [5, 5.41) is 3.43. The van der Waals surface area contributed by atoms with Gasteiger partial charge in [0.15, 0.2) is 0 Å². The molecule has 0 saturated carbocycles. The molecule has 0 unspecified atom stereocenters. The lowest BCUT2D eigenvalue weighted by Crippen LogP contribution is -2.30. The molecular formula is C23H22ClN5O2. The zero-order valence-electron chi connectivity index (χ0n) is 17.1. The average Bonchev–Trinajstić information content (AvgIpc) is 3.26. The van der Waals surface area contributed by atoms with Gasteiger partial charge >= 0.3 is 0 Å². The first kappa shape index (κ1) is 20.9. The maximum atomic E-state index is 12.6. The van der Waals surface area contributed by atoms with Crippen LogP contribution in [0.4, 0.5) is 5.69 Å². The van der Waals surface area contributed by atoms with E-state index in [-0.39, 0.29) is 24.2 Å². The van der Waals surface area contributed by atoms with Crippen molar-refractivity contribution in [3.05, 3.63) is 82.7 Å². The number of amides is 2. The van der Waals surface area contributed by atoms with Crippen LogP contribution in [-0.4, -0.2) is 44.8 Å². The first-order valence-corrected chi connectivity index (χ1v) is 10.5. The Morgan fingerprint density at radius 3 is 2.68 bits per heavy atom. The molecule has 1 atom stereocenters. The standard InChI is InChI=1S/C23H22ClN5O2/c1-15-20(23(31)28-18-7-5-17(24)6-8-18)13-26-22(27-15)16-9-11-29(14-16)21(30)12-19-4-2-3-10-25-19/h2-8,10,13,16H,9,11-12,14H2,1H3,(H,28,31)/t16-/m1/s1. The second-order valence-corrected chi connectivity index (χ2v) is 7.95. The van der Waals surface area contributed by atoms with Gasteiger partial charge < -0.3 is 10.2 Å². The summed E-state index contributed by atoms with van der Waals surface area (Å²) < 4.78 is 0. The Bertz CT molecular complexity index is 1090. The molecule has 1 aliphatic rings. The maximum absolute atomic E-state index is 12.6. The normalized spacial score (nSPS) is 15.7. The topological polar surface area (TPSA) is 88.1 Å². The van der Waals surface area contributed by atoms with Gasteiger partial charge in [-0.05, 0) is 49.7 Å². The highest BCUT2D eigenvalue weighted by molar-refractivity contribution is 6.30. The van der Waals surface area contributed by atoms with Crippen molar-refractivity contribution in [2.45, 2.75) is 25.7 Å². The number of nitrogens with zero attached hydrogens (tertiary/aromatic N) is 4. The average molecular weight is 436 g/mol. The molecule has 1 N–H and O–H groups in total. The van der Waals surface area contributed by atoms with Crippen LogP contribution in [0.2, 0.25) is 5.02 Å². The fraction of sp³-hybridized carbons (Fsp3) is 0.261. The van der Waals surface area contributed by atoms with Crippen LogP contribution in [0.1, 0.15) is 39.9 Å². The zero-order chi connectivity index (χ0) is 21.8. The molecule has 1 fully saturated rings. The number of carbonyl (C=O) groups is 2. The number of carbonyl (C=O) groups excluding carboxylic acids is 2. The van der Waals surface area contributed by atoms with Crippen LogP contribution < -0.4 is 5.32 Å². The van der Waals surface area contributed by atoms with Crippen LogP contribution in [0.25, 0.3) is 0 Å². The molecule has 0 aliphatic carbocycles. The molecule has 2 amide bonds. The minimum Gasteiger partial charge on any atom is -0.342 e. The minimum absolute atomic E-state index is 0.0527. The van der Waals surface area contributed by atoms with Gasteiger partial charge in [-0.1, -0.05) is 17.7 Å². The fourth-order valence-corrected chi connectivity index (χ4v) is 3.73. The Morgan fingerprint density at radius 2 is 1.97 bits per heavy atom. The van der Waals surface area contributed by atoms with Crippen molar-refractivity contribution in [1.29, 1.82) is 0 Å². The van der Waals surface area contributed by atoms with Gasteiger partial charge in [-0.25, -0.2) is 9.97 Å². The second kappa shape index (κ2) is 9.22. The molecule has 8 heteroatoms. The van der Waals surface area contributed by atoms with E-state index >= 15 is 0 Å². The summed E-state index contributed by atoms with van der Waals surface area (Å²) in [6.07, 6.45) is 4.33. The molecule has 2 aromatic heterocycles. The number of pyridine rings is 1. The summed E-state index contributed by atoms with van der Waals surface area (Å²) in [5.41, 5.74) is 2.43. The Hall–Kier alpha value is -3.32. The number of hydrogen-bond donors (Lipinski definition) is 1. The molecule has 0 spiro atoms. The maximum Gasteiger partial charge on any atom is 0.259 e. The number of aromatic nitrogens is 3. The van der Waals surface area contributed by atoms with Gasteiger partial charge in [-0.2, -0.15) is 0 Å². The molecule has 0 radical (unpaired) electrons.